The predicted molar refractivity (Wildman–Crippen MR) is 99.7 cm³/mol. The molecule has 6 nitrogen and oxygen atoms in total. The van der Waals surface area contributed by atoms with Crippen molar-refractivity contribution in [1.82, 2.24) is 20.2 Å². The second-order valence-corrected chi connectivity index (χ2v) is 7.06. The van der Waals surface area contributed by atoms with Crippen LogP contribution in [0.5, 0.6) is 0 Å². The standard InChI is InChI=1S/C17H13ClF3N5OS/c1-10-4-2-3-5-14(10)26-16(23-24-25-26)28-9-15(27)22-13-7-6-11(18)8-12(13)17(19,20)21/h2-8H,9H2,1H3,(H,22,27). The van der Waals surface area contributed by atoms with Gasteiger partial charge >= 0.3 is 6.18 Å². The molecule has 0 saturated heterocycles. The molecule has 1 amide bonds. The Hall–Kier alpha value is -2.59. The first kappa shape index (κ1) is 20.2. The summed E-state index contributed by atoms with van der Waals surface area (Å²) < 4.78 is 40.8. The number of rotatable bonds is 5. The van der Waals surface area contributed by atoms with Crippen LogP contribution >= 0.6 is 23.4 Å². The third-order valence-corrected chi connectivity index (χ3v) is 4.83. The van der Waals surface area contributed by atoms with E-state index in [2.05, 4.69) is 20.8 Å². The number of alkyl halides is 3. The van der Waals surface area contributed by atoms with Crippen LogP contribution in [0.3, 0.4) is 0 Å². The summed E-state index contributed by atoms with van der Waals surface area (Å²) in [5, 5.41) is 13.9. The highest BCUT2D eigenvalue weighted by Crippen LogP contribution is 2.36. The van der Waals surface area contributed by atoms with Gasteiger partial charge in [0.15, 0.2) is 0 Å². The molecule has 11 heteroatoms. The third kappa shape index (κ3) is 4.63. The molecule has 3 aromatic rings. The Morgan fingerprint density at radius 1 is 1.25 bits per heavy atom. The van der Waals surface area contributed by atoms with E-state index in [0.717, 1.165) is 35.1 Å². The number of thioether (sulfide) groups is 1. The lowest BCUT2D eigenvalue weighted by Gasteiger charge is -2.14. The molecule has 146 valence electrons. The van der Waals surface area contributed by atoms with Crippen LogP contribution in [-0.2, 0) is 11.0 Å². The molecule has 1 heterocycles. The van der Waals surface area contributed by atoms with Crippen molar-refractivity contribution >= 4 is 35.0 Å². The minimum absolute atomic E-state index is 0.0721. The van der Waals surface area contributed by atoms with Crippen molar-refractivity contribution in [2.24, 2.45) is 0 Å². The zero-order chi connectivity index (χ0) is 20.3. The van der Waals surface area contributed by atoms with E-state index in [4.69, 9.17) is 11.6 Å². The Bertz CT molecular complexity index is 1010. The molecule has 0 aliphatic carbocycles. The van der Waals surface area contributed by atoms with E-state index >= 15 is 0 Å². The average Bonchev–Trinajstić information content (AvgIpc) is 3.09. The maximum Gasteiger partial charge on any atom is 0.418 e. The molecule has 0 bridgehead atoms. The quantitative estimate of drug-likeness (QED) is 0.612. The smallest absolute Gasteiger partial charge is 0.325 e. The van der Waals surface area contributed by atoms with Crippen LogP contribution in [-0.4, -0.2) is 31.9 Å². The summed E-state index contributed by atoms with van der Waals surface area (Å²) in [5.41, 5.74) is 0.300. The lowest BCUT2D eigenvalue weighted by Crippen LogP contribution is -2.18. The number of hydrogen-bond donors (Lipinski definition) is 1. The van der Waals surface area contributed by atoms with E-state index in [1.54, 1.807) is 0 Å². The van der Waals surface area contributed by atoms with Crippen molar-refractivity contribution in [2.45, 2.75) is 18.3 Å². The van der Waals surface area contributed by atoms with E-state index in [-0.39, 0.29) is 16.5 Å². The van der Waals surface area contributed by atoms with E-state index in [9.17, 15) is 18.0 Å². The second-order valence-electron chi connectivity index (χ2n) is 5.68. The van der Waals surface area contributed by atoms with Gasteiger partial charge in [-0.25, -0.2) is 0 Å². The number of carbonyl (C=O) groups excluding carboxylic acids is 1. The normalized spacial score (nSPS) is 11.5. The first-order valence-electron chi connectivity index (χ1n) is 7.89. The molecule has 0 saturated carbocycles. The minimum atomic E-state index is -4.64. The fraction of sp³-hybridized carbons (Fsp3) is 0.176. The highest BCUT2D eigenvalue weighted by atomic mass is 35.5. The van der Waals surface area contributed by atoms with E-state index in [1.807, 2.05) is 31.2 Å². The van der Waals surface area contributed by atoms with E-state index in [0.29, 0.717) is 5.16 Å². The lowest BCUT2D eigenvalue weighted by molar-refractivity contribution is -0.137. The van der Waals surface area contributed by atoms with Gasteiger partial charge in [-0.1, -0.05) is 41.6 Å². The molecule has 28 heavy (non-hydrogen) atoms. The van der Waals surface area contributed by atoms with Crippen molar-refractivity contribution in [3.8, 4) is 5.69 Å². The van der Waals surface area contributed by atoms with Gasteiger partial charge in [0.25, 0.3) is 0 Å². The fourth-order valence-corrected chi connectivity index (χ4v) is 3.25. The van der Waals surface area contributed by atoms with Gasteiger partial charge in [0.2, 0.25) is 11.1 Å². The number of aryl methyl sites for hydroxylation is 1. The number of carbonyl (C=O) groups is 1. The number of aromatic nitrogens is 4. The summed E-state index contributed by atoms with van der Waals surface area (Å²) in [6.07, 6.45) is -4.64. The molecule has 0 aliphatic rings. The van der Waals surface area contributed by atoms with Crippen LogP contribution in [0.15, 0.2) is 47.6 Å². The number of halogens is 4. The molecule has 1 aromatic heterocycles. The van der Waals surface area contributed by atoms with Gasteiger partial charge in [-0.05, 0) is 47.2 Å². The highest BCUT2D eigenvalue weighted by molar-refractivity contribution is 7.99. The van der Waals surface area contributed by atoms with Crippen LogP contribution in [0.25, 0.3) is 5.69 Å². The van der Waals surface area contributed by atoms with Crippen LogP contribution in [0.1, 0.15) is 11.1 Å². The van der Waals surface area contributed by atoms with E-state index < -0.39 is 17.6 Å². The summed E-state index contributed by atoms with van der Waals surface area (Å²) in [6, 6.07) is 10.6. The third-order valence-electron chi connectivity index (χ3n) is 3.68. The van der Waals surface area contributed by atoms with Crippen LogP contribution in [0, 0.1) is 6.92 Å². The van der Waals surface area contributed by atoms with Gasteiger partial charge in [0, 0.05) is 5.02 Å². The number of para-hydroxylation sites is 1. The first-order chi connectivity index (χ1) is 13.3. The Morgan fingerprint density at radius 3 is 2.71 bits per heavy atom. The molecule has 1 N–H and O–H groups in total. The van der Waals surface area contributed by atoms with Crippen molar-refractivity contribution in [3.05, 3.63) is 58.6 Å². The first-order valence-corrected chi connectivity index (χ1v) is 9.26. The predicted octanol–water partition coefficient (Wildman–Crippen LogP) is 4.37. The van der Waals surface area contributed by atoms with Gasteiger partial charge in [-0.2, -0.15) is 17.9 Å². The number of nitrogens with one attached hydrogen (secondary N) is 1. The van der Waals surface area contributed by atoms with Crippen molar-refractivity contribution in [1.29, 1.82) is 0 Å². The summed E-state index contributed by atoms with van der Waals surface area (Å²) in [7, 11) is 0. The summed E-state index contributed by atoms with van der Waals surface area (Å²) in [6.45, 7) is 1.89. The maximum absolute atomic E-state index is 13.1. The zero-order valence-corrected chi connectivity index (χ0v) is 15.9. The molecule has 0 unspecified atom stereocenters. The number of nitrogens with zero attached hydrogens (tertiary/aromatic N) is 4. The Morgan fingerprint density at radius 2 is 2.00 bits per heavy atom. The largest absolute Gasteiger partial charge is 0.418 e. The monoisotopic (exact) mass is 427 g/mol. The molecular formula is C17H13ClF3N5OS. The van der Waals surface area contributed by atoms with Crippen LogP contribution in [0.4, 0.5) is 18.9 Å². The van der Waals surface area contributed by atoms with Gasteiger partial charge < -0.3 is 5.32 Å². The Labute approximate surface area is 167 Å². The zero-order valence-electron chi connectivity index (χ0n) is 14.4. The number of amides is 1. The van der Waals surface area contributed by atoms with Gasteiger partial charge in [-0.3, -0.25) is 4.79 Å². The SMILES string of the molecule is Cc1ccccc1-n1nnnc1SCC(=O)Nc1ccc(Cl)cc1C(F)(F)F. The van der Waals surface area contributed by atoms with Crippen molar-refractivity contribution in [2.75, 3.05) is 11.1 Å². The second kappa shape index (κ2) is 8.19. The lowest BCUT2D eigenvalue weighted by atomic mass is 10.1. The molecule has 0 aliphatic heterocycles. The summed E-state index contributed by atoms with van der Waals surface area (Å²) in [4.78, 5) is 12.2. The van der Waals surface area contributed by atoms with E-state index in [1.165, 1.54) is 10.7 Å². The topological polar surface area (TPSA) is 72.7 Å². The highest BCUT2D eigenvalue weighted by Gasteiger charge is 2.34. The number of benzene rings is 2. The summed E-state index contributed by atoms with van der Waals surface area (Å²) >= 11 is 6.64. The fourth-order valence-electron chi connectivity index (χ4n) is 2.40. The minimum Gasteiger partial charge on any atom is -0.325 e. The molecule has 0 fully saturated rings. The molecule has 0 atom stereocenters. The molecule has 0 spiro atoms. The van der Waals surface area contributed by atoms with Crippen molar-refractivity contribution in [3.63, 3.8) is 0 Å². The molecule has 0 radical (unpaired) electrons. The van der Waals surface area contributed by atoms with Gasteiger partial charge in [-0.15, -0.1) is 5.10 Å². The van der Waals surface area contributed by atoms with Gasteiger partial charge in [0.05, 0.1) is 22.7 Å². The van der Waals surface area contributed by atoms with Crippen LogP contribution in [0.2, 0.25) is 5.02 Å². The Balaban J connectivity index is 1.72. The van der Waals surface area contributed by atoms with Crippen LogP contribution < -0.4 is 5.32 Å². The molecular weight excluding hydrogens is 415 g/mol. The van der Waals surface area contributed by atoms with Crippen molar-refractivity contribution < 1.29 is 18.0 Å². The maximum atomic E-state index is 13.1. The Kier molecular flexibility index (Phi) is 5.90. The molecule has 3 rings (SSSR count). The summed E-state index contributed by atoms with van der Waals surface area (Å²) in [5.74, 6) is -0.802. The number of hydrogen-bond acceptors (Lipinski definition) is 5. The van der Waals surface area contributed by atoms with Gasteiger partial charge in [0.1, 0.15) is 0 Å². The molecule has 2 aromatic carbocycles. The average molecular weight is 428 g/mol. The number of anilines is 1. The number of tetrazole rings is 1.